The summed E-state index contributed by atoms with van der Waals surface area (Å²) in [6.07, 6.45) is -0.769. The molecule has 0 aliphatic carbocycles. The molecule has 0 saturated heterocycles. The van der Waals surface area contributed by atoms with E-state index in [1.54, 1.807) is 21.0 Å². The van der Waals surface area contributed by atoms with Crippen molar-refractivity contribution in [2.24, 2.45) is 5.41 Å². The first-order valence-corrected chi connectivity index (χ1v) is 5.18. The molecule has 86 valence electrons. The molecule has 0 saturated carbocycles. The van der Waals surface area contributed by atoms with E-state index in [0.29, 0.717) is 6.61 Å². The van der Waals surface area contributed by atoms with Gasteiger partial charge in [0, 0.05) is 7.11 Å². The summed E-state index contributed by atoms with van der Waals surface area (Å²) in [5.74, 6) is 0. The van der Waals surface area contributed by atoms with Crippen molar-refractivity contribution in [3.8, 4) is 6.07 Å². The highest BCUT2D eigenvalue weighted by molar-refractivity contribution is 5.26. The molecule has 1 aromatic carbocycles. The van der Waals surface area contributed by atoms with Crippen molar-refractivity contribution in [2.75, 3.05) is 7.11 Å². The van der Waals surface area contributed by atoms with Gasteiger partial charge in [0.2, 0.25) is 0 Å². The molecule has 0 bridgehead atoms. The molecule has 1 atom stereocenters. The van der Waals surface area contributed by atoms with E-state index in [1.165, 1.54) is 0 Å². The SMILES string of the molecule is COCc1ccc(C(O)C(C)(C)C#N)cc1. The minimum absolute atomic E-state index is 0.554. The number of aliphatic hydroxyl groups excluding tert-OH is 1. The topological polar surface area (TPSA) is 53.2 Å². The molecule has 1 aromatic rings. The lowest BCUT2D eigenvalue weighted by atomic mass is 9.84. The number of aliphatic hydroxyl groups is 1. The summed E-state index contributed by atoms with van der Waals surface area (Å²) in [6, 6.07) is 9.56. The zero-order valence-corrected chi connectivity index (χ0v) is 9.90. The first kappa shape index (κ1) is 12.7. The van der Waals surface area contributed by atoms with E-state index in [-0.39, 0.29) is 0 Å². The Morgan fingerprint density at radius 3 is 2.38 bits per heavy atom. The highest BCUT2D eigenvalue weighted by Crippen LogP contribution is 2.32. The van der Waals surface area contributed by atoms with Crippen molar-refractivity contribution in [1.82, 2.24) is 0 Å². The number of methoxy groups -OCH3 is 1. The Morgan fingerprint density at radius 2 is 1.94 bits per heavy atom. The Morgan fingerprint density at radius 1 is 1.38 bits per heavy atom. The normalized spacial score (nSPS) is 13.2. The lowest BCUT2D eigenvalue weighted by molar-refractivity contribution is 0.0867. The van der Waals surface area contributed by atoms with Crippen molar-refractivity contribution >= 4 is 0 Å². The van der Waals surface area contributed by atoms with Gasteiger partial charge in [0.05, 0.1) is 24.2 Å². The quantitative estimate of drug-likeness (QED) is 0.846. The average molecular weight is 219 g/mol. The van der Waals surface area contributed by atoms with Crippen LogP contribution in [-0.2, 0) is 11.3 Å². The second kappa shape index (κ2) is 5.11. The average Bonchev–Trinajstić information content (AvgIpc) is 2.29. The first-order valence-electron chi connectivity index (χ1n) is 5.18. The van der Waals surface area contributed by atoms with Crippen LogP contribution in [0.5, 0.6) is 0 Å². The van der Waals surface area contributed by atoms with Crippen molar-refractivity contribution < 1.29 is 9.84 Å². The monoisotopic (exact) mass is 219 g/mol. The molecular weight excluding hydrogens is 202 g/mol. The fourth-order valence-electron chi connectivity index (χ4n) is 1.44. The standard InChI is InChI=1S/C13H17NO2/c1-13(2,9-14)12(15)11-6-4-10(5-7-11)8-16-3/h4-7,12,15H,8H2,1-3H3. The van der Waals surface area contributed by atoms with Gasteiger partial charge >= 0.3 is 0 Å². The molecule has 3 heteroatoms. The maximum Gasteiger partial charge on any atom is 0.0970 e. The Balaban J connectivity index is 2.86. The van der Waals surface area contributed by atoms with E-state index >= 15 is 0 Å². The highest BCUT2D eigenvalue weighted by Gasteiger charge is 2.28. The largest absolute Gasteiger partial charge is 0.387 e. The molecule has 1 rings (SSSR count). The van der Waals surface area contributed by atoms with E-state index in [2.05, 4.69) is 6.07 Å². The molecule has 3 nitrogen and oxygen atoms in total. The predicted molar refractivity (Wildman–Crippen MR) is 61.5 cm³/mol. The summed E-state index contributed by atoms with van der Waals surface area (Å²) in [7, 11) is 1.64. The minimum atomic E-state index is -0.775. The first-order chi connectivity index (χ1) is 7.51. The van der Waals surface area contributed by atoms with E-state index < -0.39 is 11.5 Å². The summed E-state index contributed by atoms with van der Waals surface area (Å²) in [5.41, 5.74) is 1.03. The lowest BCUT2D eigenvalue weighted by Crippen LogP contribution is -2.19. The molecule has 1 unspecified atom stereocenters. The number of hydrogen-bond donors (Lipinski definition) is 1. The van der Waals surface area contributed by atoms with Crippen molar-refractivity contribution in [3.05, 3.63) is 35.4 Å². The molecule has 0 spiro atoms. The summed E-state index contributed by atoms with van der Waals surface area (Å²) in [5, 5.41) is 18.9. The van der Waals surface area contributed by atoms with Crippen LogP contribution in [0.25, 0.3) is 0 Å². The van der Waals surface area contributed by atoms with E-state index in [4.69, 9.17) is 10.00 Å². The number of nitriles is 1. The van der Waals surface area contributed by atoms with Gasteiger partial charge in [-0.25, -0.2) is 0 Å². The van der Waals surface area contributed by atoms with Crippen LogP contribution in [0.15, 0.2) is 24.3 Å². The van der Waals surface area contributed by atoms with Crippen LogP contribution in [0.3, 0.4) is 0 Å². The number of hydrogen-bond acceptors (Lipinski definition) is 3. The second-order valence-electron chi connectivity index (χ2n) is 4.41. The molecule has 0 heterocycles. The molecule has 0 fully saturated rings. The fraction of sp³-hybridized carbons (Fsp3) is 0.462. The summed E-state index contributed by atoms with van der Waals surface area (Å²) in [4.78, 5) is 0. The minimum Gasteiger partial charge on any atom is -0.387 e. The van der Waals surface area contributed by atoms with Gasteiger partial charge in [0.15, 0.2) is 0 Å². The van der Waals surface area contributed by atoms with Crippen LogP contribution < -0.4 is 0 Å². The number of benzene rings is 1. The van der Waals surface area contributed by atoms with E-state index in [0.717, 1.165) is 11.1 Å². The molecule has 0 aromatic heterocycles. The van der Waals surface area contributed by atoms with Gasteiger partial charge in [-0.3, -0.25) is 0 Å². The van der Waals surface area contributed by atoms with Crippen LogP contribution in [0.2, 0.25) is 0 Å². The number of ether oxygens (including phenoxy) is 1. The van der Waals surface area contributed by atoms with Crippen molar-refractivity contribution in [2.45, 2.75) is 26.6 Å². The van der Waals surface area contributed by atoms with Crippen LogP contribution in [0.4, 0.5) is 0 Å². The lowest BCUT2D eigenvalue weighted by Gasteiger charge is -2.23. The van der Waals surface area contributed by atoms with E-state index in [9.17, 15) is 5.11 Å². The van der Waals surface area contributed by atoms with E-state index in [1.807, 2.05) is 24.3 Å². The summed E-state index contributed by atoms with van der Waals surface area (Å²) >= 11 is 0. The Labute approximate surface area is 96.3 Å². The van der Waals surface area contributed by atoms with Crippen LogP contribution in [0, 0.1) is 16.7 Å². The van der Waals surface area contributed by atoms with Crippen LogP contribution in [0.1, 0.15) is 31.1 Å². The number of rotatable bonds is 4. The van der Waals surface area contributed by atoms with Crippen LogP contribution in [-0.4, -0.2) is 12.2 Å². The molecule has 0 aliphatic heterocycles. The third kappa shape index (κ3) is 2.82. The van der Waals surface area contributed by atoms with Crippen LogP contribution >= 0.6 is 0 Å². The Kier molecular flexibility index (Phi) is 4.05. The molecule has 1 N–H and O–H groups in total. The third-order valence-corrected chi connectivity index (χ3v) is 2.58. The number of nitrogens with zero attached hydrogens (tertiary/aromatic N) is 1. The molecule has 16 heavy (non-hydrogen) atoms. The highest BCUT2D eigenvalue weighted by atomic mass is 16.5. The van der Waals surface area contributed by atoms with Gasteiger partial charge in [-0.1, -0.05) is 24.3 Å². The van der Waals surface area contributed by atoms with Gasteiger partial charge in [0.25, 0.3) is 0 Å². The smallest absolute Gasteiger partial charge is 0.0970 e. The fourth-order valence-corrected chi connectivity index (χ4v) is 1.44. The Hall–Kier alpha value is -1.37. The zero-order valence-electron chi connectivity index (χ0n) is 9.90. The third-order valence-electron chi connectivity index (χ3n) is 2.58. The van der Waals surface area contributed by atoms with Gasteiger partial charge in [0.1, 0.15) is 0 Å². The predicted octanol–water partition coefficient (Wildman–Crippen LogP) is 2.42. The molecule has 0 aliphatic rings. The van der Waals surface area contributed by atoms with Gasteiger partial charge in [-0.15, -0.1) is 0 Å². The van der Waals surface area contributed by atoms with Crippen molar-refractivity contribution in [1.29, 1.82) is 5.26 Å². The van der Waals surface area contributed by atoms with Crippen molar-refractivity contribution in [3.63, 3.8) is 0 Å². The molecular formula is C13H17NO2. The maximum atomic E-state index is 10.0. The molecule has 0 amide bonds. The summed E-state index contributed by atoms with van der Waals surface area (Å²) < 4.78 is 5.00. The Bertz CT molecular complexity index is 376. The molecule has 0 radical (unpaired) electrons. The summed E-state index contributed by atoms with van der Waals surface area (Å²) in [6.45, 7) is 4.00. The second-order valence-corrected chi connectivity index (χ2v) is 4.41. The van der Waals surface area contributed by atoms with Gasteiger partial charge in [-0.05, 0) is 25.0 Å². The zero-order chi connectivity index (χ0) is 12.2. The van der Waals surface area contributed by atoms with Gasteiger partial charge in [-0.2, -0.15) is 5.26 Å². The van der Waals surface area contributed by atoms with Gasteiger partial charge < -0.3 is 9.84 Å². The maximum absolute atomic E-state index is 10.0.